The third-order valence-corrected chi connectivity index (χ3v) is 2.71. The monoisotopic (exact) mass is 184 g/mol. The molecule has 1 fully saturated rings. The highest BCUT2D eigenvalue weighted by Gasteiger charge is 2.16. The summed E-state index contributed by atoms with van der Waals surface area (Å²) in [5.74, 6) is 0. The molecule has 1 aliphatic carbocycles. The van der Waals surface area contributed by atoms with E-state index in [-0.39, 0.29) is 0 Å². The lowest BCUT2D eigenvalue weighted by Crippen LogP contribution is -2.14. The second kappa shape index (κ2) is 3.35. The number of nitrogens with zero attached hydrogens (tertiary/aromatic N) is 3. The van der Waals surface area contributed by atoms with E-state index in [9.17, 15) is 0 Å². The zero-order chi connectivity index (χ0) is 8.39. The summed E-state index contributed by atoms with van der Waals surface area (Å²) in [6.07, 6.45) is 6.36. The van der Waals surface area contributed by atoms with Gasteiger partial charge in [0.15, 0.2) is 0 Å². The molecule has 5 heteroatoms. The highest BCUT2D eigenvalue weighted by atomic mass is 32.1. The second-order valence-electron chi connectivity index (χ2n) is 3.24. The highest BCUT2D eigenvalue weighted by molar-refractivity contribution is 7.71. The third kappa shape index (κ3) is 1.41. The molecular weight excluding hydrogens is 172 g/mol. The van der Waals surface area contributed by atoms with E-state index in [4.69, 9.17) is 12.2 Å². The second-order valence-corrected chi connectivity index (χ2v) is 3.61. The van der Waals surface area contributed by atoms with Gasteiger partial charge in [0.2, 0.25) is 4.77 Å². The Bertz CT molecular complexity index is 296. The van der Waals surface area contributed by atoms with Crippen molar-refractivity contribution in [3.8, 4) is 0 Å². The van der Waals surface area contributed by atoms with Gasteiger partial charge in [-0.1, -0.05) is 29.6 Å². The van der Waals surface area contributed by atoms with Gasteiger partial charge in [0.1, 0.15) is 0 Å². The molecular formula is C7H12N4S. The number of tetrazole rings is 1. The number of hydrogen-bond acceptors (Lipinski definition) is 3. The van der Waals surface area contributed by atoms with E-state index in [1.165, 1.54) is 32.1 Å². The van der Waals surface area contributed by atoms with Crippen molar-refractivity contribution < 1.29 is 0 Å². The topological polar surface area (TPSA) is 46.5 Å². The quantitative estimate of drug-likeness (QED) is 0.677. The van der Waals surface area contributed by atoms with Crippen LogP contribution >= 0.6 is 12.2 Å². The number of H-pyrrole nitrogens is 1. The van der Waals surface area contributed by atoms with Crippen molar-refractivity contribution in [2.45, 2.75) is 38.1 Å². The van der Waals surface area contributed by atoms with E-state index < -0.39 is 0 Å². The van der Waals surface area contributed by atoms with Crippen LogP contribution in [0.15, 0.2) is 0 Å². The summed E-state index contributed by atoms with van der Waals surface area (Å²) in [5, 5.41) is 10.3. The van der Waals surface area contributed by atoms with E-state index in [2.05, 4.69) is 15.5 Å². The van der Waals surface area contributed by atoms with Crippen LogP contribution in [-0.4, -0.2) is 20.2 Å². The molecule has 0 spiro atoms. The summed E-state index contributed by atoms with van der Waals surface area (Å²) >= 11 is 5.02. The molecule has 2 rings (SSSR count). The first kappa shape index (κ1) is 7.91. The van der Waals surface area contributed by atoms with Crippen LogP contribution in [0.1, 0.15) is 38.1 Å². The van der Waals surface area contributed by atoms with Gasteiger partial charge in [-0.3, -0.25) is 0 Å². The van der Waals surface area contributed by atoms with Crippen molar-refractivity contribution in [1.82, 2.24) is 20.2 Å². The van der Waals surface area contributed by atoms with Gasteiger partial charge in [-0.05, 0) is 25.1 Å². The molecule has 0 atom stereocenters. The predicted molar refractivity (Wildman–Crippen MR) is 47.3 cm³/mol. The van der Waals surface area contributed by atoms with Gasteiger partial charge in [0.05, 0.1) is 6.04 Å². The molecule has 4 nitrogen and oxygen atoms in total. The Morgan fingerprint density at radius 1 is 1.33 bits per heavy atom. The van der Waals surface area contributed by atoms with Gasteiger partial charge in [0, 0.05) is 0 Å². The molecule has 12 heavy (non-hydrogen) atoms. The first-order valence-electron chi connectivity index (χ1n) is 4.37. The van der Waals surface area contributed by atoms with E-state index in [0.717, 1.165) is 0 Å². The van der Waals surface area contributed by atoms with E-state index in [0.29, 0.717) is 10.8 Å². The van der Waals surface area contributed by atoms with Crippen LogP contribution in [0.4, 0.5) is 0 Å². The first-order chi connectivity index (χ1) is 5.88. The Balaban J connectivity index is 2.18. The SMILES string of the molecule is S=c1nn[nH]n1C1CCCCC1. The van der Waals surface area contributed by atoms with Gasteiger partial charge in [-0.2, -0.15) is 5.21 Å². The van der Waals surface area contributed by atoms with Crippen molar-refractivity contribution in [3.05, 3.63) is 4.77 Å². The molecule has 0 amide bonds. The maximum Gasteiger partial charge on any atom is 0.238 e. The molecule has 1 aliphatic rings. The van der Waals surface area contributed by atoms with E-state index in [1.54, 1.807) is 0 Å². The maximum absolute atomic E-state index is 5.02. The molecule has 1 aromatic rings. The van der Waals surface area contributed by atoms with Gasteiger partial charge in [-0.25, -0.2) is 4.68 Å². The molecule has 66 valence electrons. The van der Waals surface area contributed by atoms with Gasteiger partial charge in [-0.15, -0.1) is 0 Å². The van der Waals surface area contributed by atoms with Crippen molar-refractivity contribution in [1.29, 1.82) is 0 Å². The normalized spacial score (nSPS) is 19.7. The minimum atomic E-state index is 0.515. The first-order valence-corrected chi connectivity index (χ1v) is 4.78. The zero-order valence-electron chi connectivity index (χ0n) is 6.86. The third-order valence-electron chi connectivity index (χ3n) is 2.43. The van der Waals surface area contributed by atoms with E-state index >= 15 is 0 Å². The van der Waals surface area contributed by atoms with Crippen LogP contribution < -0.4 is 0 Å². The molecule has 0 aliphatic heterocycles. The fourth-order valence-corrected chi connectivity index (χ4v) is 2.01. The summed E-state index contributed by atoms with van der Waals surface area (Å²) in [4.78, 5) is 0. The molecule has 0 aromatic carbocycles. The molecule has 0 radical (unpaired) electrons. The Morgan fingerprint density at radius 3 is 2.67 bits per heavy atom. The van der Waals surface area contributed by atoms with Gasteiger partial charge < -0.3 is 0 Å². The average molecular weight is 184 g/mol. The van der Waals surface area contributed by atoms with Crippen LogP contribution in [0.3, 0.4) is 0 Å². The Labute approximate surface area is 76.0 Å². The van der Waals surface area contributed by atoms with Gasteiger partial charge in [0.25, 0.3) is 0 Å². The van der Waals surface area contributed by atoms with Crippen LogP contribution in [0.2, 0.25) is 0 Å². The van der Waals surface area contributed by atoms with Crippen molar-refractivity contribution in [2.24, 2.45) is 0 Å². The van der Waals surface area contributed by atoms with Crippen LogP contribution in [0.5, 0.6) is 0 Å². The van der Waals surface area contributed by atoms with Crippen LogP contribution in [0.25, 0.3) is 0 Å². The summed E-state index contributed by atoms with van der Waals surface area (Å²) < 4.78 is 2.50. The summed E-state index contributed by atoms with van der Waals surface area (Å²) in [7, 11) is 0. The summed E-state index contributed by atoms with van der Waals surface area (Å²) in [6.45, 7) is 0. The molecule has 0 bridgehead atoms. The van der Waals surface area contributed by atoms with Crippen molar-refractivity contribution in [3.63, 3.8) is 0 Å². The number of nitrogens with one attached hydrogen (secondary N) is 1. The molecule has 0 unspecified atom stereocenters. The van der Waals surface area contributed by atoms with Gasteiger partial charge >= 0.3 is 0 Å². The van der Waals surface area contributed by atoms with Crippen molar-refractivity contribution >= 4 is 12.2 Å². The molecule has 1 aromatic heterocycles. The Kier molecular flexibility index (Phi) is 2.21. The average Bonchev–Trinajstić information content (AvgIpc) is 2.53. The zero-order valence-corrected chi connectivity index (χ0v) is 7.68. The molecule has 0 saturated heterocycles. The highest BCUT2D eigenvalue weighted by Crippen LogP contribution is 2.26. The fourth-order valence-electron chi connectivity index (χ4n) is 1.78. The largest absolute Gasteiger partial charge is 0.239 e. The number of aromatic nitrogens is 4. The lowest BCUT2D eigenvalue weighted by molar-refractivity contribution is 0.321. The van der Waals surface area contributed by atoms with Crippen LogP contribution in [0, 0.1) is 4.77 Å². The van der Waals surface area contributed by atoms with E-state index in [1.807, 2.05) is 4.68 Å². The number of rotatable bonds is 1. The smallest absolute Gasteiger partial charge is 0.238 e. The fraction of sp³-hybridized carbons (Fsp3) is 0.857. The summed E-state index contributed by atoms with van der Waals surface area (Å²) in [5.41, 5.74) is 0. The number of hydrogen-bond donors (Lipinski definition) is 1. The minimum Gasteiger partial charge on any atom is -0.239 e. The summed E-state index contributed by atoms with van der Waals surface area (Å²) in [6, 6.07) is 0.515. The minimum absolute atomic E-state index is 0.515. The van der Waals surface area contributed by atoms with Crippen molar-refractivity contribution in [2.75, 3.05) is 0 Å². The Hall–Kier alpha value is -0.710. The lowest BCUT2D eigenvalue weighted by atomic mass is 9.96. The molecule has 1 heterocycles. The van der Waals surface area contributed by atoms with Crippen LogP contribution in [-0.2, 0) is 0 Å². The maximum atomic E-state index is 5.02. The predicted octanol–water partition coefficient (Wildman–Crippen LogP) is 1.84. The molecule has 1 N–H and O–H groups in total. The lowest BCUT2D eigenvalue weighted by Gasteiger charge is -2.21. The Morgan fingerprint density at radius 2 is 2.08 bits per heavy atom. The molecule has 1 saturated carbocycles. The standard InChI is InChI=1S/C7H12N4S/c12-7-8-9-10-11(7)6-4-2-1-3-5-6/h6H,1-5H2,(H,8,10,12). The number of aromatic amines is 1.